The Labute approximate surface area is 94.7 Å². The first-order valence-electron chi connectivity index (χ1n) is 4.96. The molecule has 0 saturated heterocycles. The predicted octanol–water partition coefficient (Wildman–Crippen LogP) is 3.10. The van der Waals surface area contributed by atoms with Crippen LogP contribution in [0.1, 0.15) is 37.7 Å². The Morgan fingerprint density at radius 1 is 1.60 bits per heavy atom. The molecule has 0 atom stereocenters. The number of ketones is 1. The van der Waals surface area contributed by atoms with Gasteiger partial charge < -0.3 is 0 Å². The van der Waals surface area contributed by atoms with Crippen molar-refractivity contribution in [1.82, 2.24) is 9.78 Å². The maximum atomic E-state index is 11.8. The molecule has 4 heteroatoms. The van der Waals surface area contributed by atoms with Crippen LogP contribution in [0, 0.1) is 0 Å². The van der Waals surface area contributed by atoms with E-state index in [-0.39, 0.29) is 5.78 Å². The van der Waals surface area contributed by atoms with Crippen molar-refractivity contribution in [3.8, 4) is 0 Å². The minimum atomic E-state index is -0.0778. The molecule has 0 fully saturated rings. The van der Waals surface area contributed by atoms with Crippen molar-refractivity contribution in [2.45, 2.75) is 33.7 Å². The van der Waals surface area contributed by atoms with Gasteiger partial charge in [0.25, 0.3) is 0 Å². The van der Waals surface area contributed by atoms with Gasteiger partial charge in [-0.1, -0.05) is 24.1 Å². The monoisotopic (exact) mass is 226 g/mol. The SMILES string of the molecule is CCCn1ncc(Cl)c1C(=O)C=C(C)C. The van der Waals surface area contributed by atoms with E-state index >= 15 is 0 Å². The summed E-state index contributed by atoms with van der Waals surface area (Å²) in [6.45, 7) is 6.51. The van der Waals surface area contributed by atoms with Gasteiger partial charge in [0.05, 0.1) is 11.2 Å². The van der Waals surface area contributed by atoms with Gasteiger partial charge in [0.15, 0.2) is 0 Å². The number of allylic oxidation sites excluding steroid dienone is 2. The van der Waals surface area contributed by atoms with Gasteiger partial charge in [-0.3, -0.25) is 9.48 Å². The molecule has 82 valence electrons. The summed E-state index contributed by atoms with van der Waals surface area (Å²) in [6, 6.07) is 0. The van der Waals surface area contributed by atoms with Crippen molar-refractivity contribution < 1.29 is 4.79 Å². The topological polar surface area (TPSA) is 34.9 Å². The second-order valence-corrected chi connectivity index (χ2v) is 4.06. The van der Waals surface area contributed by atoms with Crippen LogP contribution in [0.4, 0.5) is 0 Å². The number of hydrogen-bond acceptors (Lipinski definition) is 2. The van der Waals surface area contributed by atoms with E-state index in [1.54, 1.807) is 10.8 Å². The van der Waals surface area contributed by atoms with Crippen LogP contribution in [0.2, 0.25) is 5.02 Å². The number of aromatic nitrogens is 2. The maximum Gasteiger partial charge on any atom is 0.205 e. The number of nitrogens with zero attached hydrogens (tertiary/aromatic N) is 2. The quantitative estimate of drug-likeness (QED) is 0.584. The lowest BCUT2D eigenvalue weighted by atomic mass is 10.2. The molecule has 0 radical (unpaired) electrons. The van der Waals surface area contributed by atoms with E-state index in [4.69, 9.17) is 11.6 Å². The third-order valence-corrected chi connectivity index (χ3v) is 2.16. The van der Waals surface area contributed by atoms with E-state index in [1.165, 1.54) is 6.20 Å². The molecule has 1 rings (SSSR count). The molecular weight excluding hydrogens is 212 g/mol. The largest absolute Gasteiger partial charge is 0.287 e. The number of aryl methyl sites for hydroxylation is 1. The second kappa shape index (κ2) is 5.12. The van der Waals surface area contributed by atoms with E-state index in [1.807, 2.05) is 20.8 Å². The zero-order valence-electron chi connectivity index (χ0n) is 9.25. The maximum absolute atomic E-state index is 11.8. The van der Waals surface area contributed by atoms with Crippen LogP contribution in [0.5, 0.6) is 0 Å². The van der Waals surface area contributed by atoms with Crippen LogP contribution in [0.25, 0.3) is 0 Å². The molecule has 0 aromatic carbocycles. The molecule has 0 spiro atoms. The minimum Gasteiger partial charge on any atom is -0.287 e. The predicted molar refractivity (Wildman–Crippen MR) is 61.3 cm³/mol. The van der Waals surface area contributed by atoms with Crippen molar-refractivity contribution in [3.63, 3.8) is 0 Å². The summed E-state index contributed by atoms with van der Waals surface area (Å²) in [7, 11) is 0. The number of carbonyl (C=O) groups excluding carboxylic acids is 1. The highest BCUT2D eigenvalue weighted by Gasteiger charge is 2.14. The Balaban J connectivity index is 3.06. The molecule has 3 nitrogen and oxygen atoms in total. The summed E-state index contributed by atoms with van der Waals surface area (Å²) >= 11 is 5.93. The highest BCUT2D eigenvalue weighted by Crippen LogP contribution is 2.17. The smallest absolute Gasteiger partial charge is 0.205 e. The average molecular weight is 227 g/mol. The minimum absolute atomic E-state index is 0.0778. The molecule has 0 N–H and O–H groups in total. The first-order chi connectivity index (χ1) is 7.06. The summed E-state index contributed by atoms with van der Waals surface area (Å²) in [5.74, 6) is -0.0778. The van der Waals surface area contributed by atoms with Gasteiger partial charge in [0.2, 0.25) is 5.78 Å². The van der Waals surface area contributed by atoms with E-state index in [0.717, 1.165) is 12.0 Å². The van der Waals surface area contributed by atoms with Crippen molar-refractivity contribution in [2.75, 3.05) is 0 Å². The molecule has 1 aromatic rings. The van der Waals surface area contributed by atoms with Gasteiger partial charge in [0, 0.05) is 6.54 Å². The van der Waals surface area contributed by atoms with Crippen LogP contribution < -0.4 is 0 Å². The molecule has 0 aliphatic heterocycles. The lowest BCUT2D eigenvalue weighted by molar-refractivity contribution is 0.103. The zero-order valence-corrected chi connectivity index (χ0v) is 10.0. The van der Waals surface area contributed by atoms with Gasteiger partial charge in [-0.2, -0.15) is 5.10 Å². The number of rotatable bonds is 4. The zero-order chi connectivity index (χ0) is 11.4. The van der Waals surface area contributed by atoms with Gasteiger partial charge in [-0.05, 0) is 26.3 Å². The van der Waals surface area contributed by atoms with E-state index < -0.39 is 0 Å². The van der Waals surface area contributed by atoms with E-state index in [9.17, 15) is 4.79 Å². The fourth-order valence-corrected chi connectivity index (χ4v) is 1.55. The van der Waals surface area contributed by atoms with Gasteiger partial charge >= 0.3 is 0 Å². The number of halogens is 1. The van der Waals surface area contributed by atoms with Crippen LogP contribution in [-0.4, -0.2) is 15.6 Å². The Bertz CT molecular complexity index is 389. The van der Waals surface area contributed by atoms with Crippen molar-refractivity contribution in [3.05, 3.63) is 28.6 Å². The first-order valence-corrected chi connectivity index (χ1v) is 5.34. The molecule has 0 bridgehead atoms. The highest BCUT2D eigenvalue weighted by molar-refractivity contribution is 6.34. The standard InChI is InChI=1S/C11H15ClN2O/c1-4-5-14-11(9(12)7-13-14)10(15)6-8(2)3/h6-7H,4-5H2,1-3H3. The molecule has 0 amide bonds. The Hall–Kier alpha value is -1.09. The number of carbonyl (C=O) groups is 1. The fourth-order valence-electron chi connectivity index (χ4n) is 1.32. The van der Waals surface area contributed by atoms with Crippen LogP contribution in [0.15, 0.2) is 17.8 Å². The van der Waals surface area contributed by atoms with Gasteiger partial charge in [0.1, 0.15) is 5.69 Å². The Kier molecular flexibility index (Phi) is 4.09. The van der Waals surface area contributed by atoms with Crippen LogP contribution >= 0.6 is 11.6 Å². The lowest BCUT2D eigenvalue weighted by Crippen LogP contribution is -2.09. The average Bonchev–Trinajstić information content (AvgIpc) is 2.46. The molecule has 1 heterocycles. The molecule has 0 unspecified atom stereocenters. The van der Waals surface area contributed by atoms with Crippen molar-refractivity contribution >= 4 is 17.4 Å². The molecule has 0 saturated carbocycles. The summed E-state index contributed by atoms with van der Waals surface area (Å²) in [5.41, 5.74) is 1.44. The fraction of sp³-hybridized carbons (Fsp3) is 0.455. The molecular formula is C11H15ClN2O. The van der Waals surface area contributed by atoms with Crippen LogP contribution in [0.3, 0.4) is 0 Å². The molecule has 0 aliphatic carbocycles. The third-order valence-electron chi connectivity index (χ3n) is 1.88. The summed E-state index contributed by atoms with van der Waals surface area (Å²) in [6.07, 6.45) is 4.02. The normalized spacial score (nSPS) is 10.1. The van der Waals surface area contributed by atoms with E-state index in [0.29, 0.717) is 17.3 Å². The van der Waals surface area contributed by atoms with Gasteiger partial charge in [-0.15, -0.1) is 0 Å². The molecule has 15 heavy (non-hydrogen) atoms. The Morgan fingerprint density at radius 3 is 2.80 bits per heavy atom. The van der Waals surface area contributed by atoms with Crippen molar-refractivity contribution in [2.24, 2.45) is 0 Å². The summed E-state index contributed by atoms with van der Waals surface area (Å²) in [4.78, 5) is 11.8. The molecule has 1 aromatic heterocycles. The lowest BCUT2D eigenvalue weighted by Gasteiger charge is -2.03. The first kappa shape index (κ1) is 12.0. The highest BCUT2D eigenvalue weighted by atomic mass is 35.5. The molecule has 0 aliphatic rings. The van der Waals surface area contributed by atoms with E-state index in [2.05, 4.69) is 5.10 Å². The number of hydrogen-bond donors (Lipinski definition) is 0. The second-order valence-electron chi connectivity index (χ2n) is 3.65. The summed E-state index contributed by atoms with van der Waals surface area (Å²) in [5, 5.41) is 4.49. The van der Waals surface area contributed by atoms with Crippen molar-refractivity contribution in [1.29, 1.82) is 0 Å². The third kappa shape index (κ3) is 2.93. The van der Waals surface area contributed by atoms with Gasteiger partial charge in [-0.25, -0.2) is 0 Å². The Morgan fingerprint density at radius 2 is 2.27 bits per heavy atom. The van der Waals surface area contributed by atoms with Crippen LogP contribution in [-0.2, 0) is 6.54 Å². The summed E-state index contributed by atoms with van der Waals surface area (Å²) < 4.78 is 1.66.